The molecule has 2 rings (SSSR count). The predicted molar refractivity (Wildman–Crippen MR) is 75.2 cm³/mol. The Hall–Kier alpha value is 0.0600. The lowest BCUT2D eigenvalue weighted by Crippen LogP contribution is -1.99. The normalized spacial score (nSPS) is 12.8. The largest absolute Gasteiger partial charge is 0.383 e. The van der Waals surface area contributed by atoms with E-state index in [4.69, 9.17) is 11.6 Å². The Labute approximate surface area is 123 Å². The molecule has 6 heteroatoms. The molecule has 0 amide bonds. The fourth-order valence-electron chi connectivity index (χ4n) is 1.38. The first-order chi connectivity index (χ1) is 8.00. The van der Waals surface area contributed by atoms with Crippen molar-refractivity contribution in [2.24, 2.45) is 0 Å². The van der Waals surface area contributed by atoms with Crippen molar-refractivity contribution in [2.45, 2.75) is 6.10 Å². The lowest BCUT2D eigenvalue weighted by atomic mass is 10.1. The van der Waals surface area contributed by atoms with Crippen molar-refractivity contribution in [3.05, 3.63) is 53.8 Å². The van der Waals surface area contributed by atoms with E-state index in [1.807, 2.05) is 0 Å². The second-order valence-electron chi connectivity index (χ2n) is 3.32. The number of aliphatic hydroxyl groups excluding tert-OH is 1. The molecule has 1 unspecified atom stereocenters. The third kappa shape index (κ3) is 2.74. The van der Waals surface area contributed by atoms with Crippen molar-refractivity contribution < 1.29 is 9.50 Å². The molecule has 0 spiro atoms. The molecular weight excluding hydrogens is 394 g/mol. The van der Waals surface area contributed by atoms with Gasteiger partial charge in [0.05, 0.1) is 13.3 Å². The molecule has 17 heavy (non-hydrogen) atoms. The van der Waals surface area contributed by atoms with Gasteiger partial charge in [-0.05, 0) is 44.0 Å². The van der Waals surface area contributed by atoms with E-state index in [9.17, 15) is 9.50 Å². The summed E-state index contributed by atoms with van der Waals surface area (Å²) in [5.74, 6) is -0.400. The Bertz CT molecular complexity index is 539. The molecule has 90 valence electrons. The van der Waals surface area contributed by atoms with Crippen molar-refractivity contribution in [1.82, 2.24) is 0 Å². The minimum atomic E-state index is -0.895. The van der Waals surface area contributed by atoms with Gasteiger partial charge in [0, 0.05) is 10.4 Å². The molecule has 0 aliphatic rings. The van der Waals surface area contributed by atoms with E-state index >= 15 is 0 Å². The highest BCUT2D eigenvalue weighted by atomic mass is 79.9. The van der Waals surface area contributed by atoms with Crippen LogP contribution in [0.1, 0.15) is 16.5 Å². The van der Waals surface area contributed by atoms with Crippen molar-refractivity contribution in [3.8, 4) is 0 Å². The van der Waals surface area contributed by atoms with Crippen LogP contribution in [0.25, 0.3) is 0 Å². The number of halogens is 4. The minimum absolute atomic E-state index is 0.271. The molecule has 0 aliphatic heterocycles. The first-order valence-electron chi connectivity index (χ1n) is 4.57. The Morgan fingerprint density at radius 2 is 2.06 bits per heavy atom. The summed E-state index contributed by atoms with van der Waals surface area (Å²) in [6, 6.07) is 6.22. The van der Waals surface area contributed by atoms with Crippen LogP contribution in [0, 0.1) is 5.82 Å². The standard InChI is InChI=1S/C11H6Br2ClFOS/c12-9-5(2-1-3-7(9)15)10(16)8-4-6(14)11(13)17-8/h1-4,10,16H. The molecule has 1 N–H and O–H groups in total. The van der Waals surface area contributed by atoms with E-state index in [2.05, 4.69) is 31.9 Å². The molecule has 1 atom stereocenters. The summed E-state index contributed by atoms with van der Waals surface area (Å²) in [5.41, 5.74) is 0.482. The molecule has 0 radical (unpaired) electrons. The molecule has 1 nitrogen and oxygen atoms in total. The molecule has 1 aromatic heterocycles. The van der Waals surface area contributed by atoms with Crippen molar-refractivity contribution in [3.63, 3.8) is 0 Å². The number of thiophene rings is 1. The summed E-state index contributed by atoms with van der Waals surface area (Å²) in [6.07, 6.45) is -0.895. The van der Waals surface area contributed by atoms with Crippen LogP contribution in [-0.4, -0.2) is 5.11 Å². The highest BCUT2D eigenvalue weighted by molar-refractivity contribution is 9.11. The average molecular weight is 400 g/mol. The van der Waals surface area contributed by atoms with Gasteiger partial charge in [0.2, 0.25) is 0 Å². The van der Waals surface area contributed by atoms with Crippen molar-refractivity contribution in [2.75, 3.05) is 0 Å². The summed E-state index contributed by atoms with van der Waals surface area (Å²) in [6.45, 7) is 0. The number of rotatable bonds is 2. The van der Waals surface area contributed by atoms with Gasteiger partial charge >= 0.3 is 0 Å². The molecule has 1 heterocycles. The maximum atomic E-state index is 13.3. The van der Waals surface area contributed by atoms with Gasteiger partial charge in [0.25, 0.3) is 0 Å². The van der Waals surface area contributed by atoms with Crippen LogP contribution in [0.3, 0.4) is 0 Å². The Balaban J connectivity index is 2.43. The predicted octanol–water partition coefficient (Wildman–Crippen LogP) is 5.15. The molecule has 1 aromatic carbocycles. The second-order valence-corrected chi connectivity index (χ2v) is 6.92. The Kier molecular flexibility index (Phi) is 4.26. The monoisotopic (exact) mass is 398 g/mol. The molecule has 0 saturated heterocycles. The Morgan fingerprint density at radius 1 is 1.35 bits per heavy atom. The zero-order valence-corrected chi connectivity index (χ0v) is 13.0. The van der Waals surface area contributed by atoms with Crippen LogP contribution in [0.4, 0.5) is 4.39 Å². The van der Waals surface area contributed by atoms with Gasteiger partial charge in [-0.1, -0.05) is 23.7 Å². The molecular formula is C11H6Br2ClFOS. The van der Waals surface area contributed by atoms with Crippen molar-refractivity contribution in [1.29, 1.82) is 0 Å². The zero-order chi connectivity index (χ0) is 12.6. The first-order valence-corrected chi connectivity index (χ1v) is 7.35. The summed E-state index contributed by atoms with van der Waals surface area (Å²) >= 11 is 13.6. The summed E-state index contributed by atoms with van der Waals surface area (Å²) in [5, 5.41) is 10.7. The van der Waals surface area contributed by atoms with Crippen LogP contribution in [0.15, 0.2) is 32.5 Å². The first kappa shape index (κ1) is 13.5. The van der Waals surface area contributed by atoms with E-state index in [-0.39, 0.29) is 4.47 Å². The molecule has 0 saturated carbocycles. The summed E-state index contributed by atoms with van der Waals surface area (Å²) in [7, 11) is 0. The number of hydrogen-bond acceptors (Lipinski definition) is 2. The molecule has 0 fully saturated rings. The lowest BCUT2D eigenvalue weighted by molar-refractivity contribution is 0.223. The van der Waals surface area contributed by atoms with Gasteiger partial charge in [0.1, 0.15) is 11.9 Å². The second kappa shape index (κ2) is 5.36. The third-order valence-electron chi connectivity index (χ3n) is 2.21. The maximum Gasteiger partial charge on any atom is 0.137 e. The smallest absolute Gasteiger partial charge is 0.137 e. The van der Waals surface area contributed by atoms with E-state index in [1.54, 1.807) is 18.2 Å². The zero-order valence-electron chi connectivity index (χ0n) is 8.25. The summed E-state index contributed by atoms with van der Waals surface area (Å²) in [4.78, 5) is 0.660. The molecule has 0 bridgehead atoms. The number of hydrogen-bond donors (Lipinski definition) is 1. The molecule has 0 aliphatic carbocycles. The highest BCUT2D eigenvalue weighted by Gasteiger charge is 2.19. The number of benzene rings is 1. The van der Waals surface area contributed by atoms with Crippen LogP contribution in [0.2, 0.25) is 5.02 Å². The van der Waals surface area contributed by atoms with Crippen LogP contribution >= 0.6 is 54.8 Å². The third-order valence-corrected chi connectivity index (χ3v) is 5.57. The van der Waals surface area contributed by atoms with Gasteiger partial charge in [-0.15, -0.1) is 11.3 Å². The topological polar surface area (TPSA) is 20.2 Å². The fraction of sp³-hybridized carbons (Fsp3) is 0.0909. The van der Waals surface area contributed by atoms with E-state index in [0.29, 0.717) is 15.5 Å². The Morgan fingerprint density at radius 3 is 2.65 bits per heavy atom. The van der Waals surface area contributed by atoms with Gasteiger partial charge in [0.15, 0.2) is 0 Å². The van der Waals surface area contributed by atoms with E-state index < -0.39 is 11.9 Å². The van der Waals surface area contributed by atoms with Gasteiger partial charge in [-0.2, -0.15) is 0 Å². The average Bonchev–Trinajstić information content (AvgIpc) is 2.62. The van der Waals surface area contributed by atoms with Crippen LogP contribution in [-0.2, 0) is 0 Å². The maximum absolute atomic E-state index is 13.3. The summed E-state index contributed by atoms with van der Waals surface area (Å²) < 4.78 is 14.4. The quantitative estimate of drug-likeness (QED) is 0.739. The van der Waals surface area contributed by atoms with E-state index in [1.165, 1.54) is 17.4 Å². The number of aliphatic hydroxyl groups is 1. The lowest BCUT2D eigenvalue weighted by Gasteiger charge is -2.11. The van der Waals surface area contributed by atoms with Gasteiger partial charge in [-0.3, -0.25) is 0 Å². The molecule has 2 aromatic rings. The fourth-order valence-corrected chi connectivity index (χ4v) is 3.62. The van der Waals surface area contributed by atoms with Crippen LogP contribution in [0.5, 0.6) is 0 Å². The van der Waals surface area contributed by atoms with Gasteiger partial charge < -0.3 is 5.11 Å². The minimum Gasteiger partial charge on any atom is -0.383 e. The SMILES string of the molecule is OC(c1cc(Cl)c(Br)s1)c1cccc(F)c1Br. The van der Waals surface area contributed by atoms with Crippen molar-refractivity contribution >= 4 is 54.8 Å². The van der Waals surface area contributed by atoms with Crippen LogP contribution < -0.4 is 0 Å². The highest BCUT2D eigenvalue weighted by Crippen LogP contribution is 2.39. The van der Waals surface area contributed by atoms with E-state index in [0.717, 1.165) is 3.79 Å². The van der Waals surface area contributed by atoms with Gasteiger partial charge in [-0.25, -0.2) is 4.39 Å².